The molecule has 0 aromatic carbocycles. The van der Waals surface area contributed by atoms with E-state index >= 15 is 0 Å². The number of likely N-dealkylation sites (tertiary alicyclic amines) is 1. The SMILES string of the molecule is NC(=O)c1cncc(-n2ccc3c2NCC(C(=O)N2CCCCC2)=C3)c1. The number of amides is 2. The third kappa shape index (κ3) is 2.96. The van der Waals surface area contributed by atoms with Crippen LogP contribution in [0.1, 0.15) is 35.2 Å². The monoisotopic (exact) mass is 351 g/mol. The topological polar surface area (TPSA) is 93.2 Å². The van der Waals surface area contributed by atoms with Gasteiger partial charge in [-0.05, 0) is 37.5 Å². The van der Waals surface area contributed by atoms with Crippen LogP contribution in [0.25, 0.3) is 11.8 Å². The number of carbonyl (C=O) groups is 2. The number of nitrogens with zero attached hydrogens (tertiary/aromatic N) is 3. The molecule has 4 rings (SSSR count). The Morgan fingerprint density at radius 2 is 1.96 bits per heavy atom. The van der Waals surface area contributed by atoms with Crippen LogP contribution in [0, 0.1) is 0 Å². The minimum atomic E-state index is -0.511. The molecule has 2 amide bonds. The van der Waals surface area contributed by atoms with E-state index in [-0.39, 0.29) is 5.91 Å². The summed E-state index contributed by atoms with van der Waals surface area (Å²) in [5.41, 5.74) is 8.17. The first kappa shape index (κ1) is 16.4. The van der Waals surface area contributed by atoms with Crippen molar-refractivity contribution in [3.8, 4) is 5.69 Å². The van der Waals surface area contributed by atoms with Gasteiger partial charge in [0.1, 0.15) is 5.82 Å². The van der Waals surface area contributed by atoms with Crippen molar-refractivity contribution in [1.82, 2.24) is 14.5 Å². The molecule has 3 N–H and O–H groups in total. The molecule has 0 unspecified atom stereocenters. The van der Waals surface area contributed by atoms with Crippen molar-refractivity contribution >= 4 is 23.7 Å². The number of pyridine rings is 1. The maximum Gasteiger partial charge on any atom is 0.251 e. The summed E-state index contributed by atoms with van der Waals surface area (Å²) >= 11 is 0. The summed E-state index contributed by atoms with van der Waals surface area (Å²) in [6, 6.07) is 3.65. The van der Waals surface area contributed by atoms with Crippen molar-refractivity contribution in [1.29, 1.82) is 0 Å². The van der Waals surface area contributed by atoms with Gasteiger partial charge in [-0.2, -0.15) is 0 Å². The lowest BCUT2D eigenvalue weighted by Gasteiger charge is -2.29. The number of rotatable bonds is 3. The number of hydrogen-bond acceptors (Lipinski definition) is 4. The van der Waals surface area contributed by atoms with Crippen LogP contribution >= 0.6 is 0 Å². The van der Waals surface area contributed by atoms with Gasteiger partial charge in [-0.25, -0.2) is 0 Å². The van der Waals surface area contributed by atoms with Gasteiger partial charge in [0.05, 0.1) is 17.4 Å². The molecule has 1 fully saturated rings. The van der Waals surface area contributed by atoms with Crippen molar-refractivity contribution in [3.63, 3.8) is 0 Å². The highest BCUT2D eigenvalue weighted by molar-refractivity contribution is 6.00. The maximum absolute atomic E-state index is 12.7. The molecule has 2 aliphatic heterocycles. The highest BCUT2D eigenvalue weighted by Crippen LogP contribution is 2.29. The predicted octanol–water partition coefficient (Wildman–Crippen LogP) is 1.79. The molecule has 0 saturated carbocycles. The van der Waals surface area contributed by atoms with E-state index in [1.165, 1.54) is 12.6 Å². The van der Waals surface area contributed by atoms with Gasteiger partial charge in [-0.3, -0.25) is 14.6 Å². The Hall–Kier alpha value is -3.09. The lowest BCUT2D eigenvalue weighted by atomic mass is 10.1. The highest BCUT2D eigenvalue weighted by Gasteiger charge is 2.24. The van der Waals surface area contributed by atoms with E-state index in [1.807, 2.05) is 27.8 Å². The Morgan fingerprint density at radius 1 is 1.15 bits per heavy atom. The highest BCUT2D eigenvalue weighted by atomic mass is 16.2. The van der Waals surface area contributed by atoms with Gasteiger partial charge in [-0.1, -0.05) is 0 Å². The summed E-state index contributed by atoms with van der Waals surface area (Å²) in [6.07, 6.45) is 10.3. The third-order valence-corrected chi connectivity index (χ3v) is 4.90. The molecule has 2 aromatic rings. The van der Waals surface area contributed by atoms with Crippen molar-refractivity contribution < 1.29 is 9.59 Å². The van der Waals surface area contributed by atoms with Crippen molar-refractivity contribution in [3.05, 3.63) is 47.4 Å². The smallest absolute Gasteiger partial charge is 0.251 e. The zero-order valence-electron chi connectivity index (χ0n) is 14.4. The van der Waals surface area contributed by atoms with Gasteiger partial charge in [0.2, 0.25) is 5.91 Å². The molecule has 1 saturated heterocycles. The lowest BCUT2D eigenvalue weighted by molar-refractivity contribution is -0.127. The molecule has 0 atom stereocenters. The molecule has 0 spiro atoms. The second-order valence-electron chi connectivity index (χ2n) is 6.66. The summed E-state index contributed by atoms with van der Waals surface area (Å²) < 4.78 is 1.91. The number of primary amides is 1. The third-order valence-electron chi connectivity index (χ3n) is 4.90. The molecule has 26 heavy (non-hydrogen) atoms. The number of nitrogens with two attached hydrogens (primary N) is 1. The fourth-order valence-electron chi connectivity index (χ4n) is 3.52. The van der Waals surface area contributed by atoms with Crippen LogP contribution in [0.3, 0.4) is 0 Å². The minimum Gasteiger partial charge on any atom is -0.366 e. The van der Waals surface area contributed by atoms with Gasteiger partial charge in [0.25, 0.3) is 5.91 Å². The van der Waals surface area contributed by atoms with Crippen molar-refractivity contribution in [2.24, 2.45) is 5.73 Å². The Balaban J connectivity index is 1.62. The normalized spacial score (nSPS) is 16.5. The molecule has 134 valence electrons. The van der Waals surface area contributed by atoms with Crippen molar-refractivity contribution in [2.75, 3.05) is 25.0 Å². The number of piperidine rings is 1. The second-order valence-corrected chi connectivity index (χ2v) is 6.66. The van der Waals surface area contributed by atoms with Gasteiger partial charge in [-0.15, -0.1) is 0 Å². The van der Waals surface area contributed by atoms with E-state index in [0.29, 0.717) is 12.1 Å². The summed E-state index contributed by atoms with van der Waals surface area (Å²) in [4.78, 5) is 30.1. The van der Waals surface area contributed by atoms with E-state index in [2.05, 4.69) is 10.3 Å². The summed E-state index contributed by atoms with van der Waals surface area (Å²) in [5.74, 6) is 0.485. The fourth-order valence-corrected chi connectivity index (χ4v) is 3.52. The van der Waals surface area contributed by atoms with E-state index in [9.17, 15) is 9.59 Å². The summed E-state index contributed by atoms with van der Waals surface area (Å²) in [7, 11) is 0. The van der Waals surface area contributed by atoms with Crippen LogP contribution in [-0.4, -0.2) is 45.9 Å². The largest absolute Gasteiger partial charge is 0.366 e. The number of aromatic nitrogens is 2. The standard InChI is InChI=1S/C19H21N5O2/c20-17(25)14-9-16(12-21-10-14)24-7-4-13-8-15(11-22-18(13)24)19(26)23-5-2-1-3-6-23/h4,7-10,12,22H,1-3,5-6,11H2,(H2,20,25). The Kier molecular flexibility index (Phi) is 4.20. The average Bonchev–Trinajstić information content (AvgIpc) is 3.11. The molecule has 0 aliphatic carbocycles. The van der Waals surface area contributed by atoms with E-state index in [1.54, 1.807) is 12.3 Å². The van der Waals surface area contributed by atoms with E-state index < -0.39 is 5.91 Å². The van der Waals surface area contributed by atoms with Crippen LogP contribution in [0.5, 0.6) is 0 Å². The minimum absolute atomic E-state index is 0.119. The Morgan fingerprint density at radius 3 is 2.73 bits per heavy atom. The van der Waals surface area contributed by atoms with Gasteiger partial charge < -0.3 is 20.5 Å². The number of anilines is 1. The maximum atomic E-state index is 12.7. The number of nitrogens with one attached hydrogen (secondary N) is 1. The van der Waals surface area contributed by atoms with Crippen LogP contribution in [0.15, 0.2) is 36.3 Å². The lowest BCUT2D eigenvalue weighted by Crippen LogP contribution is -2.38. The summed E-state index contributed by atoms with van der Waals surface area (Å²) in [6.45, 7) is 2.17. The van der Waals surface area contributed by atoms with E-state index in [4.69, 9.17) is 5.73 Å². The van der Waals surface area contributed by atoms with Crippen LogP contribution < -0.4 is 11.1 Å². The van der Waals surface area contributed by atoms with Crippen LogP contribution in [0.2, 0.25) is 0 Å². The number of fused-ring (bicyclic) bond motifs is 1. The van der Waals surface area contributed by atoms with E-state index in [0.717, 1.165) is 48.6 Å². The number of hydrogen-bond donors (Lipinski definition) is 2. The molecule has 0 bridgehead atoms. The fraction of sp³-hybridized carbons (Fsp3) is 0.316. The molecule has 2 aromatic heterocycles. The molecule has 2 aliphatic rings. The predicted molar refractivity (Wildman–Crippen MR) is 99.0 cm³/mol. The molecular formula is C19H21N5O2. The first-order chi connectivity index (χ1) is 12.6. The van der Waals surface area contributed by atoms with Gasteiger partial charge in [0, 0.05) is 43.2 Å². The van der Waals surface area contributed by atoms with Crippen molar-refractivity contribution in [2.45, 2.75) is 19.3 Å². The molecule has 7 heteroatoms. The second kappa shape index (κ2) is 6.67. The van der Waals surface area contributed by atoms with Crippen LogP contribution in [-0.2, 0) is 4.79 Å². The molecule has 0 radical (unpaired) electrons. The molecular weight excluding hydrogens is 330 g/mol. The van der Waals surface area contributed by atoms with Crippen LogP contribution in [0.4, 0.5) is 5.82 Å². The first-order valence-electron chi connectivity index (χ1n) is 8.84. The van der Waals surface area contributed by atoms with Gasteiger partial charge >= 0.3 is 0 Å². The molecule has 7 nitrogen and oxygen atoms in total. The zero-order chi connectivity index (χ0) is 18.1. The summed E-state index contributed by atoms with van der Waals surface area (Å²) in [5, 5.41) is 3.33. The Labute approximate surface area is 151 Å². The average molecular weight is 351 g/mol. The Bertz CT molecular complexity index is 893. The molecule has 4 heterocycles. The zero-order valence-corrected chi connectivity index (χ0v) is 14.4. The van der Waals surface area contributed by atoms with Gasteiger partial charge in [0.15, 0.2) is 0 Å². The number of carbonyl (C=O) groups excluding carboxylic acids is 2. The quantitative estimate of drug-likeness (QED) is 0.882. The first-order valence-corrected chi connectivity index (χ1v) is 8.84.